The molecule has 9 heteroatoms. The van der Waals surface area contributed by atoms with E-state index < -0.39 is 10.8 Å². The fourth-order valence-electron chi connectivity index (χ4n) is 2.67. The van der Waals surface area contributed by atoms with Crippen molar-refractivity contribution in [1.29, 1.82) is 0 Å². The minimum atomic E-state index is -0.607. The maximum Gasteiger partial charge on any atom is 0.283 e. The number of nitro benzene ring substituents is 1. The van der Waals surface area contributed by atoms with Gasteiger partial charge in [0.25, 0.3) is 11.6 Å². The molecule has 0 saturated heterocycles. The van der Waals surface area contributed by atoms with Crippen molar-refractivity contribution in [3.8, 4) is 5.69 Å². The van der Waals surface area contributed by atoms with E-state index in [1.165, 1.54) is 29.4 Å². The van der Waals surface area contributed by atoms with Crippen molar-refractivity contribution in [2.45, 2.75) is 13.0 Å². The molecule has 27 heavy (non-hydrogen) atoms. The lowest BCUT2D eigenvalue weighted by Gasteiger charge is -2.25. The molecule has 1 amide bonds. The zero-order chi connectivity index (χ0) is 19.6. The van der Waals surface area contributed by atoms with E-state index in [9.17, 15) is 14.9 Å². The molecule has 3 aromatic rings. The van der Waals surface area contributed by atoms with Gasteiger partial charge >= 0.3 is 0 Å². The van der Waals surface area contributed by atoms with Gasteiger partial charge in [0.05, 0.1) is 16.7 Å². The molecule has 0 saturated carbocycles. The van der Waals surface area contributed by atoms with Gasteiger partial charge in [-0.1, -0.05) is 23.7 Å². The lowest BCUT2D eigenvalue weighted by molar-refractivity contribution is -0.385. The van der Waals surface area contributed by atoms with Crippen LogP contribution < -0.4 is 0 Å². The second kappa shape index (κ2) is 7.55. The van der Waals surface area contributed by atoms with E-state index in [1.54, 1.807) is 18.1 Å². The number of carbonyl (C=O) groups excluding carboxylic acids is 1. The molecule has 2 aromatic carbocycles. The molecular weight excluding hydrogens is 370 g/mol. The molecule has 0 aliphatic heterocycles. The van der Waals surface area contributed by atoms with E-state index in [0.717, 1.165) is 11.3 Å². The molecule has 1 aromatic heterocycles. The Morgan fingerprint density at radius 3 is 2.56 bits per heavy atom. The third-order valence-corrected chi connectivity index (χ3v) is 4.58. The maximum absolute atomic E-state index is 12.8. The van der Waals surface area contributed by atoms with E-state index in [4.69, 9.17) is 11.6 Å². The summed E-state index contributed by atoms with van der Waals surface area (Å²) in [5.41, 5.74) is 1.41. The Hall–Kier alpha value is -3.26. The van der Waals surface area contributed by atoms with Crippen LogP contribution in [0.4, 0.5) is 5.69 Å². The normalized spacial score (nSPS) is 11.8. The Kier molecular flexibility index (Phi) is 5.18. The van der Waals surface area contributed by atoms with Gasteiger partial charge in [-0.25, -0.2) is 9.67 Å². The Labute approximate surface area is 160 Å². The summed E-state index contributed by atoms with van der Waals surface area (Å²) >= 11 is 5.82. The molecule has 0 bridgehead atoms. The smallest absolute Gasteiger partial charge is 0.283 e. The molecule has 0 aliphatic rings. The molecular formula is C18H16ClN5O3. The highest BCUT2D eigenvalue weighted by molar-refractivity contribution is 6.31. The van der Waals surface area contributed by atoms with Crippen LogP contribution in [-0.4, -0.2) is 37.5 Å². The van der Waals surface area contributed by atoms with Crippen molar-refractivity contribution in [3.05, 3.63) is 81.4 Å². The minimum absolute atomic E-state index is 0.00187. The van der Waals surface area contributed by atoms with Gasteiger partial charge in [-0.2, -0.15) is 5.10 Å². The van der Waals surface area contributed by atoms with Gasteiger partial charge < -0.3 is 4.90 Å². The number of nitro groups is 1. The largest absolute Gasteiger partial charge is 0.335 e. The molecule has 1 atom stereocenters. The molecule has 0 aliphatic carbocycles. The fourth-order valence-corrected chi connectivity index (χ4v) is 2.84. The van der Waals surface area contributed by atoms with Gasteiger partial charge in [0.2, 0.25) is 0 Å². The molecule has 3 rings (SSSR count). The van der Waals surface area contributed by atoms with Crippen molar-refractivity contribution >= 4 is 23.2 Å². The van der Waals surface area contributed by atoms with Crippen molar-refractivity contribution in [2.75, 3.05) is 7.05 Å². The lowest BCUT2D eigenvalue weighted by atomic mass is 10.1. The highest BCUT2D eigenvalue weighted by Crippen LogP contribution is 2.27. The summed E-state index contributed by atoms with van der Waals surface area (Å²) in [4.78, 5) is 28.8. The standard InChI is InChI=1S/C18H16ClN5O3/c1-12(13-3-6-15(7-4-13)23-11-20-10-21-23)22(2)18(25)16-8-5-14(19)9-17(16)24(26)27/h3-12H,1-2H3/t12-/m0/s1. The summed E-state index contributed by atoms with van der Waals surface area (Å²) in [5.74, 6) is -0.453. The summed E-state index contributed by atoms with van der Waals surface area (Å²) in [6.45, 7) is 1.85. The number of nitrogens with zero attached hydrogens (tertiary/aromatic N) is 5. The summed E-state index contributed by atoms with van der Waals surface area (Å²) in [7, 11) is 1.61. The van der Waals surface area contributed by atoms with Crippen LogP contribution in [0.3, 0.4) is 0 Å². The molecule has 0 N–H and O–H groups in total. The average Bonchev–Trinajstić information content (AvgIpc) is 3.21. The van der Waals surface area contributed by atoms with Crippen molar-refractivity contribution < 1.29 is 9.72 Å². The second-order valence-corrected chi connectivity index (χ2v) is 6.38. The van der Waals surface area contributed by atoms with Crippen LogP contribution in [0.15, 0.2) is 55.1 Å². The quantitative estimate of drug-likeness (QED) is 0.493. The zero-order valence-electron chi connectivity index (χ0n) is 14.6. The van der Waals surface area contributed by atoms with Crippen LogP contribution in [0.25, 0.3) is 5.69 Å². The number of aromatic nitrogens is 3. The van der Waals surface area contributed by atoms with Crippen LogP contribution in [-0.2, 0) is 0 Å². The molecule has 0 spiro atoms. The molecule has 0 fully saturated rings. The maximum atomic E-state index is 12.8. The third-order valence-electron chi connectivity index (χ3n) is 4.35. The number of rotatable bonds is 5. The van der Waals surface area contributed by atoms with Crippen LogP contribution in [0.5, 0.6) is 0 Å². The number of hydrogen-bond acceptors (Lipinski definition) is 5. The van der Waals surface area contributed by atoms with Gasteiger partial charge in [-0.3, -0.25) is 14.9 Å². The number of halogens is 1. The van der Waals surface area contributed by atoms with E-state index in [0.29, 0.717) is 0 Å². The first kappa shape index (κ1) is 18.5. The van der Waals surface area contributed by atoms with Gasteiger partial charge in [0.1, 0.15) is 18.2 Å². The van der Waals surface area contributed by atoms with Crippen LogP contribution >= 0.6 is 11.6 Å². The van der Waals surface area contributed by atoms with Gasteiger partial charge in [-0.15, -0.1) is 0 Å². The predicted octanol–water partition coefficient (Wildman–Crippen LogP) is 3.66. The van der Waals surface area contributed by atoms with Gasteiger partial charge in [0.15, 0.2) is 0 Å². The van der Waals surface area contributed by atoms with Crippen molar-refractivity contribution in [2.24, 2.45) is 0 Å². The molecule has 0 unspecified atom stereocenters. The molecule has 138 valence electrons. The van der Waals surface area contributed by atoms with E-state index >= 15 is 0 Å². The van der Waals surface area contributed by atoms with E-state index in [2.05, 4.69) is 10.1 Å². The zero-order valence-corrected chi connectivity index (χ0v) is 15.4. The summed E-state index contributed by atoms with van der Waals surface area (Å²) in [6.07, 6.45) is 3.04. The predicted molar refractivity (Wildman–Crippen MR) is 100.0 cm³/mol. The highest BCUT2D eigenvalue weighted by atomic mass is 35.5. The first-order chi connectivity index (χ1) is 12.9. The summed E-state index contributed by atoms with van der Waals surface area (Å²) in [5, 5.41) is 15.5. The first-order valence-electron chi connectivity index (χ1n) is 8.04. The van der Waals surface area contributed by atoms with Gasteiger partial charge in [-0.05, 0) is 36.8 Å². The second-order valence-electron chi connectivity index (χ2n) is 5.94. The number of hydrogen-bond donors (Lipinski definition) is 0. The Balaban J connectivity index is 1.84. The molecule has 0 radical (unpaired) electrons. The Morgan fingerprint density at radius 1 is 1.26 bits per heavy atom. The Bertz CT molecular complexity index is 973. The molecule has 1 heterocycles. The number of carbonyl (C=O) groups is 1. The molecule has 8 nitrogen and oxygen atoms in total. The first-order valence-corrected chi connectivity index (χ1v) is 8.42. The van der Waals surface area contributed by atoms with E-state index in [-0.39, 0.29) is 22.3 Å². The van der Waals surface area contributed by atoms with Crippen molar-refractivity contribution in [3.63, 3.8) is 0 Å². The number of amides is 1. The lowest BCUT2D eigenvalue weighted by Crippen LogP contribution is -2.30. The van der Waals surface area contributed by atoms with Crippen LogP contribution in [0, 0.1) is 10.1 Å². The van der Waals surface area contributed by atoms with Gasteiger partial charge in [0, 0.05) is 18.1 Å². The monoisotopic (exact) mass is 385 g/mol. The summed E-state index contributed by atoms with van der Waals surface area (Å²) in [6, 6.07) is 11.2. The van der Waals surface area contributed by atoms with Crippen LogP contribution in [0.1, 0.15) is 28.9 Å². The topological polar surface area (TPSA) is 94.2 Å². The SMILES string of the molecule is C[C@@H](c1ccc(-n2cncn2)cc1)N(C)C(=O)c1ccc(Cl)cc1[N+](=O)[O-]. The highest BCUT2D eigenvalue weighted by Gasteiger charge is 2.26. The fraction of sp³-hybridized carbons (Fsp3) is 0.167. The van der Waals surface area contributed by atoms with E-state index in [1.807, 2.05) is 31.2 Å². The number of benzene rings is 2. The average molecular weight is 386 g/mol. The van der Waals surface area contributed by atoms with Crippen LogP contribution in [0.2, 0.25) is 5.02 Å². The Morgan fingerprint density at radius 2 is 1.96 bits per heavy atom. The summed E-state index contributed by atoms with van der Waals surface area (Å²) < 4.78 is 1.63. The minimum Gasteiger partial charge on any atom is -0.335 e. The van der Waals surface area contributed by atoms with Crippen molar-refractivity contribution in [1.82, 2.24) is 19.7 Å². The third kappa shape index (κ3) is 3.80.